The zero-order valence-corrected chi connectivity index (χ0v) is 7.93. The second-order valence-corrected chi connectivity index (χ2v) is 2.56. The van der Waals surface area contributed by atoms with Crippen molar-refractivity contribution in [1.82, 2.24) is 4.98 Å². The van der Waals surface area contributed by atoms with Gasteiger partial charge in [0.15, 0.2) is 6.10 Å². The number of nitrogens with zero attached hydrogens (tertiary/aromatic N) is 1. The van der Waals surface area contributed by atoms with Gasteiger partial charge in [0.2, 0.25) is 5.88 Å². The zero-order chi connectivity index (χ0) is 10.6. The molecule has 1 atom stereocenters. The number of aliphatic hydroxyl groups excluding tert-OH is 1. The number of hydrogen-bond acceptors (Lipinski definition) is 5. The highest BCUT2D eigenvalue weighted by Gasteiger charge is 2.17. The Morgan fingerprint density at radius 3 is 2.64 bits per heavy atom. The molecule has 0 radical (unpaired) electrons. The van der Waals surface area contributed by atoms with Crippen molar-refractivity contribution < 1.29 is 19.4 Å². The van der Waals surface area contributed by atoms with Gasteiger partial charge in [0.1, 0.15) is 0 Å². The van der Waals surface area contributed by atoms with E-state index >= 15 is 0 Å². The van der Waals surface area contributed by atoms with E-state index in [0.29, 0.717) is 11.4 Å². The number of pyridine rings is 1. The van der Waals surface area contributed by atoms with Crippen LogP contribution in [-0.4, -0.2) is 30.3 Å². The highest BCUT2D eigenvalue weighted by atomic mass is 16.5. The third kappa shape index (κ3) is 2.20. The average Bonchev–Trinajstić information content (AvgIpc) is 2.27. The van der Waals surface area contributed by atoms with Crippen LogP contribution in [0.1, 0.15) is 11.7 Å². The molecule has 0 fully saturated rings. The molecule has 0 aliphatic rings. The summed E-state index contributed by atoms with van der Waals surface area (Å²) < 4.78 is 9.20. The monoisotopic (exact) mass is 197 g/mol. The van der Waals surface area contributed by atoms with E-state index in [2.05, 4.69) is 9.72 Å². The van der Waals surface area contributed by atoms with Gasteiger partial charge in [-0.25, -0.2) is 9.78 Å². The minimum absolute atomic E-state index is 0.373. The molecule has 1 aromatic heterocycles. The van der Waals surface area contributed by atoms with Crippen molar-refractivity contribution in [1.29, 1.82) is 0 Å². The topological polar surface area (TPSA) is 68.7 Å². The summed E-state index contributed by atoms with van der Waals surface area (Å²) in [6.07, 6.45) is 0.0684. The highest BCUT2D eigenvalue weighted by molar-refractivity contribution is 5.75. The van der Waals surface area contributed by atoms with Gasteiger partial charge in [0.25, 0.3) is 0 Å². The van der Waals surface area contributed by atoms with Crippen molar-refractivity contribution in [3.05, 3.63) is 23.9 Å². The van der Waals surface area contributed by atoms with Crippen LogP contribution in [0.5, 0.6) is 5.88 Å². The fourth-order valence-electron chi connectivity index (χ4n) is 0.922. The van der Waals surface area contributed by atoms with E-state index in [4.69, 9.17) is 4.74 Å². The lowest BCUT2D eigenvalue weighted by Crippen LogP contribution is -2.13. The van der Waals surface area contributed by atoms with Crippen molar-refractivity contribution in [2.24, 2.45) is 0 Å². The van der Waals surface area contributed by atoms with Crippen LogP contribution in [0.3, 0.4) is 0 Å². The first-order valence-electron chi connectivity index (χ1n) is 3.95. The Hall–Kier alpha value is -1.62. The second kappa shape index (κ2) is 4.57. The average molecular weight is 197 g/mol. The number of methoxy groups -OCH3 is 2. The maximum atomic E-state index is 10.9. The molecule has 76 valence electrons. The number of rotatable bonds is 3. The highest BCUT2D eigenvalue weighted by Crippen LogP contribution is 2.15. The summed E-state index contributed by atoms with van der Waals surface area (Å²) in [5.41, 5.74) is 0.373. The fraction of sp³-hybridized carbons (Fsp3) is 0.333. The smallest absolute Gasteiger partial charge is 0.339 e. The molecule has 1 aromatic rings. The Labute approximate surface area is 81.3 Å². The minimum Gasteiger partial charge on any atom is -0.481 e. The van der Waals surface area contributed by atoms with Crippen LogP contribution < -0.4 is 4.74 Å². The Bertz CT molecular complexity index is 309. The van der Waals surface area contributed by atoms with E-state index in [1.165, 1.54) is 20.4 Å². The standard InChI is InChI=1S/C9H11NO4/c1-13-7-4-3-6(5-10-7)8(11)9(12)14-2/h3-5,8,11H,1-2H3. The summed E-state index contributed by atoms with van der Waals surface area (Å²) in [7, 11) is 2.70. The Morgan fingerprint density at radius 1 is 1.50 bits per heavy atom. The van der Waals surface area contributed by atoms with Crippen LogP contribution in [0, 0.1) is 0 Å². The van der Waals surface area contributed by atoms with Crippen molar-refractivity contribution >= 4 is 5.97 Å². The van der Waals surface area contributed by atoms with Crippen molar-refractivity contribution in [2.75, 3.05) is 14.2 Å². The number of carbonyl (C=O) groups is 1. The van der Waals surface area contributed by atoms with Gasteiger partial charge in [-0.1, -0.05) is 0 Å². The van der Waals surface area contributed by atoms with E-state index in [1.807, 2.05) is 0 Å². The lowest BCUT2D eigenvalue weighted by Gasteiger charge is -2.07. The lowest BCUT2D eigenvalue weighted by atomic mass is 10.2. The van der Waals surface area contributed by atoms with Crippen LogP contribution >= 0.6 is 0 Å². The van der Waals surface area contributed by atoms with Gasteiger partial charge in [0.05, 0.1) is 14.2 Å². The van der Waals surface area contributed by atoms with Gasteiger partial charge in [-0.15, -0.1) is 0 Å². The van der Waals surface area contributed by atoms with Gasteiger partial charge < -0.3 is 14.6 Å². The summed E-state index contributed by atoms with van der Waals surface area (Å²) in [6, 6.07) is 3.11. The first-order valence-corrected chi connectivity index (χ1v) is 3.95. The molecule has 0 bridgehead atoms. The Morgan fingerprint density at radius 2 is 2.21 bits per heavy atom. The van der Waals surface area contributed by atoms with Crippen LogP contribution in [0.15, 0.2) is 18.3 Å². The van der Waals surface area contributed by atoms with Crippen LogP contribution in [-0.2, 0) is 9.53 Å². The van der Waals surface area contributed by atoms with Crippen LogP contribution in [0.2, 0.25) is 0 Å². The summed E-state index contributed by atoms with van der Waals surface area (Å²) in [4.78, 5) is 14.8. The van der Waals surface area contributed by atoms with E-state index in [1.54, 1.807) is 12.1 Å². The van der Waals surface area contributed by atoms with E-state index in [-0.39, 0.29) is 0 Å². The Balaban J connectivity index is 2.81. The predicted octanol–water partition coefficient (Wildman–Crippen LogP) is 0.297. The summed E-state index contributed by atoms with van der Waals surface area (Å²) in [6.45, 7) is 0. The SMILES string of the molecule is COC(=O)C(O)c1ccc(OC)nc1. The molecule has 5 nitrogen and oxygen atoms in total. The summed E-state index contributed by atoms with van der Waals surface area (Å²) >= 11 is 0. The molecule has 0 amide bonds. The van der Waals surface area contributed by atoms with Gasteiger partial charge in [-0.3, -0.25) is 0 Å². The largest absolute Gasteiger partial charge is 0.481 e. The summed E-state index contributed by atoms with van der Waals surface area (Å²) in [5, 5.41) is 9.40. The Kier molecular flexibility index (Phi) is 3.41. The molecule has 0 aliphatic heterocycles. The molecule has 1 N–H and O–H groups in total. The minimum atomic E-state index is -1.29. The number of carbonyl (C=O) groups excluding carboxylic acids is 1. The quantitative estimate of drug-likeness (QED) is 0.705. The number of aliphatic hydroxyl groups is 1. The molecule has 0 saturated heterocycles. The van der Waals surface area contributed by atoms with E-state index in [0.717, 1.165) is 0 Å². The molecule has 0 aromatic carbocycles. The third-order valence-corrected chi connectivity index (χ3v) is 1.71. The zero-order valence-electron chi connectivity index (χ0n) is 7.93. The van der Waals surface area contributed by atoms with E-state index < -0.39 is 12.1 Å². The van der Waals surface area contributed by atoms with E-state index in [9.17, 15) is 9.90 Å². The fourth-order valence-corrected chi connectivity index (χ4v) is 0.922. The van der Waals surface area contributed by atoms with Gasteiger partial charge >= 0.3 is 5.97 Å². The molecule has 1 heterocycles. The molecule has 0 spiro atoms. The van der Waals surface area contributed by atoms with Crippen molar-refractivity contribution in [3.63, 3.8) is 0 Å². The second-order valence-electron chi connectivity index (χ2n) is 2.56. The summed E-state index contributed by atoms with van der Waals surface area (Å²) in [5.74, 6) is -0.289. The van der Waals surface area contributed by atoms with Gasteiger partial charge in [-0.2, -0.15) is 0 Å². The molecule has 1 rings (SSSR count). The predicted molar refractivity (Wildman–Crippen MR) is 47.8 cm³/mol. The van der Waals surface area contributed by atoms with Crippen molar-refractivity contribution in [2.45, 2.75) is 6.10 Å². The number of ether oxygens (including phenoxy) is 2. The third-order valence-electron chi connectivity index (χ3n) is 1.71. The normalized spacial score (nSPS) is 11.9. The maximum absolute atomic E-state index is 10.9. The molecular formula is C9H11NO4. The lowest BCUT2D eigenvalue weighted by molar-refractivity contribution is -0.150. The molecular weight excluding hydrogens is 186 g/mol. The number of esters is 1. The van der Waals surface area contributed by atoms with Crippen molar-refractivity contribution in [3.8, 4) is 5.88 Å². The number of aromatic nitrogens is 1. The molecule has 14 heavy (non-hydrogen) atoms. The first kappa shape index (κ1) is 10.5. The number of hydrogen-bond donors (Lipinski definition) is 1. The molecule has 5 heteroatoms. The molecule has 1 unspecified atom stereocenters. The van der Waals surface area contributed by atoms with Gasteiger partial charge in [-0.05, 0) is 6.07 Å². The molecule has 0 aliphatic carbocycles. The van der Waals surface area contributed by atoms with Crippen LogP contribution in [0.25, 0.3) is 0 Å². The van der Waals surface area contributed by atoms with Gasteiger partial charge in [0, 0.05) is 17.8 Å². The first-order chi connectivity index (χ1) is 6.69. The molecule has 0 saturated carbocycles. The van der Waals surface area contributed by atoms with Crippen LogP contribution in [0.4, 0.5) is 0 Å². The maximum Gasteiger partial charge on any atom is 0.339 e.